The number of nitrogens with zero attached hydrogens (tertiary/aromatic N) is 3. The quantitative estimate of drug-likeness (QED) is 0.743. The lowest BCUT2D eigenvalue weighted by atomic mass is 10.2. The summed E-state index contributed by atoms with van der Waals surface area (Å²) in [5, 5.41) is 12.7. The van der Waals surface area contributed by atoms with E-state index in [1.807, 2.05) is 0 Å². The topological polar surface area (TPSA) is 96.7 Å². The largest absolute Gasteiger partial charge is 0.501 e. The summed E-state index contributed by atoms with van der Waals surface area (Å²) in [5.74, 6) is -1.30. The minimum Gasteiger partial charge on any atom is -0.501 e. The Morgan fingerprint density at radius 2 is 1.96 bits per heavy atom. The van der Waals surface area contributed by atoms with E-state index in [-0.39, 0.29) is 18.1 Å². The zero-order chi connectivity index (χ0) is 20.1. The van der Waals surface area contributed by atoms with Crippen LogP contribution in [0.5, 0.6) is 5.75 Å². The molecule has 1 saturated heterocycles. The van der Waals surface area contributed by atoms with E-state index in [4.69, 9.17) is 4.74 Å². The minimum atomic E-state index is -0.686. The number of aromatic hydroxyl groups is 1. The number of nitrogens with one attached hydrogen (secondary N) is 1. The van der Waals surface area contributed by atoms with Crippen molar-refractivity contribution in [2.45, 2.75) is 13.0 Å². The second-order valence-corrected chi connectivity index (χ2v) is 6.60. The van der Waals surface area contributed by atoms with Gasteiger partial charge in [0.1, 0.15) is 11.6 Å². The van der Waals surface area contributed by atoms with Crippen LogP contribution in [0, 0.1) is 5.82 Å². The fourth-order valence-corrected chi connectivity index (χ4v) is 2.97. The number of hydrogen-bond acceptors (Lipinski definition) is 6. The maximum Gasteiger partial charge on any atom is 0.296 e. The van der Waals surface area contributed by atoms with Crippen molar-refractivity contribution in [1.82, 2.24) is 19.8 Å². The smallest absolute Gasteiger partial charge is 0.296 e. The van der Waals surface area contributed by atoms with Crippen LogP contribution in [0.15, 0.2) is 29.1 Å². The second-order valence-electron chi connectivity index (χ2n) is 6.60. The maximum absolute atomic E-state index is 13.0. The van der Waals surface area contributed by atoms with E-state index in [0.717, 1.165) is 13.1 Å². The standard InChI is InChI=1S/C19H23FN4O4/c1-23-15(6-7-24-8-10-28-11-9-24)22-16(17(25)19(23)27)18(26)21-12-13-2-4-14(20)5-3-13/h2-5,25H,6-12H2,1H3,(H,21,26). The van der Waals surface area contributed by atoms with Gasteiger partial charge in [0.05, 0.1) is 13.2 Å². The first-order chi connectivity index (χ1) is 13.5. The highest BCUT2D eigenvalue weighted by Gasteiger charge is 2.20. The molecular formula is C19H23FN4O4. The molecule has 1 aromatic carbocycles. The number of ether oxygens (including phenoxy) is 1. The molecule has 0 unspecified atom stereocenters. The van der Waals surface area contributed by atoms with Crippen molar-refractivity contribution in [3.05, 3.63) is 57.5 Å². The lowest BCUT2D eigenvalue weighted by Crippen LogP contribution is -2.38. The molecule has 0 bridgehead atoms. The van der Waals surface area contributed by atoms with E-state index >= 15 is 0 Å². The highest BCUT2D eigenvalue weighted by Crippen LogP contribution is 2.11. The van der Waals surface area contributed by atoms with Gasteiger partial charge in [-0.3, -0.25) is 19.1 Å². The van der Waals surface area contributed by atoms with Crippen molar-refractivity contribution < 1.29 is 19.0 Å². The third-order valence-electron chi connectivity index (χ3n) is 4.70. The Kier molecular flexibility index (Phi) is 6.37. The number of benzene rings is 1. The Morgan fingerprint density at radius 3 is 2.64 bits per heavy atom. The Hall–Kier alpha value is -2.78. The highest BCUT2D eigenvalue weighted by atomic mass is 19.1. The van der Waals surface area contributed by atoms with Crippen LogP contribution in [0.25, 0.3) is 0 Å². The predicted octanol–water partition coefficient (Wildman–Crippen LogP) is 0.430. The van der Waals surface area contributed by atoms with Gasteiger partial charge in [0.2, 0.25) is 5.75 Å². The van der Waals surface area contributed by atoms with E-state index in [1.54, 1.807) is 12.1 Å². The third kappa shape index (κ3) is 4.73. The maximum atomic E-state index is 13.0. The zero-order valence-electron chi connectivity index (χ0n) is 15.7. The van der Waals surface area contributed by atoms with Crippen molar-refractivity contribution in [2.75, 3.05) is 32.8 Å². The number of carbonyl (C=O) groups is 1. The van der Waals surface area contributed by atoms with Crippen LogP contribution in [0.3, 0.4) is 0 Å². The summed E-state index contributed by atoms with van der Waals surface area (Å²) in [6, 6.07) is 5.67. The molecule has 0 spiro atoms. The van der Waals surface area contributed by atoms with Gasteiger partial charge < -0.3 is 15.2 Å². The fourth-order valence-electron chi connectivity index (χ4n) is 2.97. The first-order valence-corrected chi connectivity index (χ1v) is 9.07. The van der Waals surface area contributed by atoms with Crippen molar-refractivity contribution >= 4 is 5.91 Å². The number of hydrogen-bond donors (Lipinski definition) is 2. The van der Waals surface area contributed by atoms with E-state index in [0.29, 0.717) is 37.6 Å². The van der Waals surface area contributed by atoms with Crippen LogP contribution in [0.1, 0.15) is 21.9 Å². The Bertz CT molecular complexity index is 892. The number of rotatable bonds is 6. The van der Waals surface area contributed by atoms with E-state index in [2.05, 4.69) is 15.2 Å². The number of halogens is 1. The molecule has 0 aliphatic carbocycles. The molecular weight excluding hydrogens is 367 g/mol. The molecule has 0 saturated carbocycles. The van der Waals surface area contributed by atoms with Crippen LogP contribution in [-0.2, 0) is 24.8 Å². The van der Waals surface area contributed by atoms with E-state index in [9.17, 15) is 19.1 Å². The number of morpholine rings is 1. The van der Waals surface area contributed by atoms with Gasteiger partial charge >= 0.3 is 0 Å². The number of aromatic nitrogens is 2. The summed E-state index contributed by atoms with van der Waals surface area (Å²) >= 11 is 0. The summed E-state index contributed by atoms with van der Waals surface area (Å²) < 4.78 is 19.5. The monoisotopic (exact) mass is 390 g/mol. The lowest BCUT2D eigenvalue weighted by Gasteiger charge is -2.26. The summed E-state index contributed by atoms with van der Waals surface area (Å²) in [7, 11) is 1.52. The average Bonchev–Trinajstić information content (AvgIpc) is 2.71. The van der Waals surface area contributed by atoms with Crippen molar-refractivity contribution in [2.24, 2.45) is 7.05 Å². The van der Waals surface area contributed by atoms with Gasteiger partial charge in [0.25, 0.3) is 11.5 Å². The van der Waals surface area contributed by atoms with Gasteiger partial charge in [-0.1, -0.05) is 12.1 Å². The zero-order valence-corrected chi connectivity index (χ0v) is 15.7. The lowest BCUT2D eigenvalue weighted by molar-refractivity contribution is 0.0381. The third-order valence-corrected chi connectivity index (χ3v) is 4.70. The molecule has 1 fully saturated rings. The summed E-state index contributed by atoms with van der Waals surface area (Å²) in [5.41, 5.74) is -0.285. The SMILES string of the molecule is Cn1c(CCN2CCOCC2)nc(C(=O)NCc2ccc(F)cc2)c(O)c1=O. The number of carbonyl (C=O) groups excluding carboxylic acids is 1. The summed E-state index contributed by atoms with van der Waals surface area (Å²) in [6.45, 7) is 3.73. The van der Waals surface area contributed by atoms with E-state index < -0.39 is 17.2 Å². The Morgan fingerprint density at radius 1 is 1.29 bits per heavy atom. The molecule has 1 amide bonds. The van der Waals surface area contributed by atoms with Crippen molar-refractivity contribution in [1.29, 1.82) is 0 Å². The van der Waals surface area contributed by atoms with E-state index in [1.165, 1.54) is 23.7 Å². The van der Waals surface area contributed by atoms with Gasteiger partial charge in [-0.05, 0) is 17.7 Å². The van der Waals surface area contributed by atoms with Crippen LogP contribution >= 0.6 is 0 Å². The highest BCUT2D eigenvalue weighted by molar-refractivity contribution is 5.94. The fraction of sp³-hybridized carbons (Fsp3) is 0.421. The molecule has 0 atom stereocenters. The van der Waals surface area contributed by atoms with Crippen LogP contribution < -0.4 is 10.9 Å². The predicted molar refractivity (Wildman–Crippen MR) is 99.7 cm³/mol. The van der Waals surface area contributed by atoms with Crippen LogP contribution in [0.2, 0.25) is 0 Å². The van der Waals surface area contributed by atoms with Gasteiger partial charge in [-0.25, -0.2) is 9.37 Å². The summed E-state index contributed by atoms with van der Waals surface area (Å²) in [6.07, 6.45) is 0.463. The first kappa shape index (κ1) is 20.0. The van der Waals surface area contributed by atoms with Gasteiger partial charge in [0.15, 0.2) is 5.69 Å². The van der Waals surface area contributed by atoms with Gasteiger partial charge in [0, 0.05) is 39.6 Å². The second kappa shape index (κ2) is 8.94. The molecule has 2 N–H and O–H groups in total. The first-order valence-electron chi connectivity index (χ1n) is 9.07. The van der Waals surface area contributed by atoms with Crippen molar-refractivity contribution in [3.63, 3.8) is 0 Å². The molecule has 0 radical (unpaired) electrons. The molecule has 150 valence electrons. The molecule has 9 heteroatoms. The summed E-state index contributed by atoms with van der Waals surface area (Å²) in [4.78, 5) is 31.2. The van der Waals surface area contributed by atoms with Crippen LogP contribution in [-0.4, -0.2) is 58.3 Å². The normalized spacial score (nSPS) is 14.8. The molecule has 8 nitrogen and oxygen atoms in total. The molecule has 2 heterocycles. The Labute approximate surface area is 161 Å². The van der Waals surface area contributed by atoms with Gasteiger partial charge in [-0.2, -0.15) is 0 Å². The van der Waals surface area contributed by atoms with Crippen molar-refractivity contribution in [3.8, 4) is 5.75 Å². The van der Waals surface area contributed by atoms with Gasteiger partial charge in [-0.15, -0.1) is 0 Å². The molecule has 1 aliphatic rings. The molecule has 1 aliphatic heterocycles. The number of amides is 1. The molecule has 3 rings (SSSR count). The molecule has 2 aromatic rings. The average molecular weight is 390 g/mol. The Balaban J connectivity index is 1.72. The molecule has 1 aromatic heterocycles. The minimum absolute atomic E-state index is 0.124. The van der Waals surface area contributed by atoms with Crippen LogP contribution in [0.4, 0.5) is 4.39 Å². The molecule has 28 heavy (non-hydrogen) atoms.